The molecule has 0 unspecified atom stereocenters. The van der Waals surface area contributed by atoms with Crippen LogP contribution in [0.1, 0.15) is 112 Å². The van der Waals surface area contributed by atoms with Gasteiger partial charge in [0.05, 0.1) is 23.9 Å². The number of esters is 1. The third-order valence-corrected chi connectivity index (χ3v) is 7.50. The average Bonchev–Trinajstić information content (AvgIpc) is 3.55. The Balaban J connectivity index is 0.000000584. The predicted octanol–water partition coefficient (Wildman–Crippen LogP) is 4.53. The molecule has 4 rings (SSSR count). The number of amides is 1. The number of nitrogens with zero attached hydrogens (tertiary/aromatic N) is 1. The van der Waals surface area contributed by atoms with E-state index in [4.69, 9.17) is 4.74 Å². The summed E-state index contributed by atoms with van der Waals surface area (Å²) in [5, 5.41) is 24.2. The zero-order valence-corrected chi connectivity index (χ0v) is 25.7. The van der Waals surface area contributed by atoms with Gasteiger partial charge in [-0.25, -0.2) is 4.79 Å². The third kappa shape index (κ3) is 11.5. The SMILES string of the molecule is CC(C)(C)OC(=O)N1CCC[C@H]1C1(O)CCCC1.CCOC(C)=O.OC1([C@@H]2CCCN2)CCCC1.S.S. The van der Waals surface area contributed by atoms with Gasteiger partial charge in [-0.1, -0.05) is 25.7 Å². The number of aliphatic hydroxyl groups is 2. The molecule has 0 radical (unpaired) electrons. The highest BCUT2D eigenvalue weighted by Gasteiger charge is 2.47. The van der Waals surface area contributed by atoms with E-state index in [-0.39, 0.29) is 50.7 Å². The molecule has 0 aromatic rings. The highest BCUT2D eigenvalue weighted by molar-refractivity contribution is 7.59. The van der Waals surface area contributed by atoms with Crippen LogP contribution in [-0.4, -0.2) is 75.8 Å². The van der Waals surface area contributed by atoms with Crippen molar-refractivity contribution in [3.05, 3.63) is 0 Å². The topological polar surface area (TPSA) is 108 Å². The second-order valence-corrected chi connectivity index (χ2v) is 11.5. The van der Waals surface area contributed by atoms with Crippen LogP contribution >= 0.6 is 27.0 Å². The van der Waals surface area contributed by atoms with Crippen LogP contribution < -0.4 is 5.32 Å². The van der Waals surface area contributed by atoms with Crippen molar-refractivity contribution in [1.29, 1.82) is 0 Å². The fourth-order valence-corrected chi connectivity index (χ4v) is 5.87. The molecule has 220 valence electrons. The molecular weight excluding hydrogens is 512 g/mol. The van der Waals surface area contributed by atoms with E-state index < -0.39 is 11.2 Å². The minimum absolute atomic E-state index is 0. The first-order valence-corrected chi connectivity index (χ1v) is 13.7. The number of ether oxygens (including phenoxy) is 2. The number of likely N-dealkylation sites (tertiary alicyclic amines) is 1. The van der Waals surface area contributed by atoms with E-state index in [1.54, 1.807) is 11.8 Å². The number of hydrogen-bond donors (Lipinski definition) is 3. The van der Waals surface area contributed by atoms with Gasteiger partial charge in [0.2, 0.25) is 0 Å². The molecule has 4 fully saturated rings. The van der Waals surface area contributed by atoms with Gasteiger partial charge in [-0.15, -0.1) is 0 Å². The van der Waals surface area contributed by atoms with Gasteiger partial charge in [0.15, 0.2) is 0 Å². The fourth-order valence-electron chi connectivity index (χ4n) is 5.87. The number of carbonyl (C=O) groups is 2. The molecule has 10 heteroatoms. The molecule has 8 nitrogen and oxygen atoms in total. The first-order chi connectivity index (χ1) is 16.4. The summed E-state index contributed by atoms with van der Waals surface area (Å²) in [7, 11) is 0. The molecule has 4 aliphatic rings. The number of carbonyl (C=O) groups excluding carboxylic acids is 2. The summed E-state index contributed by atoms with van der Waals surface area (Å²) in [6.45, 7) is 11.1. The maximum atomic E-state index is 12.2. The zero-order chi connectivity index (χ0) is 26.1. The monoisotopic (exact) mass is 566 g/mol. The average molecular weight is 567 g/mol. The van der Waals surface area contributed by atoms with E-state index in [0.717, 1.165) is 57.9 Å². The second kappa shape index (κ2) is 16.4. The van der Waals surface area contributed by atoms with Gasteiger partial charge >= 0.3 is 12.1 Å². The molecule has 2 heterocycles. The van der Waals surface area contributed by atoms with Crippen molar-refractivity contribution in [2.75, 3.05) is 19.7 Å². The van der Waals surface area contributed by atoms with Crippen LogP contribution in [0.4, 0.5) is 4.79 Å². The summed E-state index contributed by atoms with van der Waals surface area (Å²) < 4.78 is 9.84. The van der Waals surface area contributed by atoms with E-state index in [9.17, 15) is 19.8 Å². The standard InChI is InChI=1S/C14H25NO3.C9H17NO.C4H8O2.2H2S/c1-13(2,3)18-12(16)15-10-6-7-11(15)14(17)8-4-5-9-14;11-9(5-1-2-6-9)8-4-3-7-10-8;1-3-6-4(2)5;;/h11,17H,4-10H2,1-3H3;8,10-11H,1-7H2;3H2,1-2H3;2*1H2/t11-;8-;;;/m00.../s1. The van der Waals surface area contributed by atoms with Crippen LogP contribution in [0.5, 0.6) is 0 Å². The summed E-state index contributed by atoms with van der Waals surface area (Å²) >= 11 is 0. The summed E-state index contributed by atoms with van der Waals surface area (Å²) in [4.78, 5) is 23.7. The molecular formula is C27H54N2O6S2. The lowest BCUT2D eigenvalue weighted by Gasteiger charge is -2.37. The predicted molar refractivity (Wildman–Crippen MR) is 157 cm³/mol. The van der Waals surface area contributed by atoms with Gasteiger partial charge in [0.1, 0.15) is 5.60 Å². The highest BCUT2D eigenvalue weighted by Crippen LogP contribution is 2.39. The Morgan fingerprint density at radius 3 is 1.86 bits per heavy atom. The van der Waals surface area contributed by atoms with Gasteiger partial charge in [0, 0.05) is 19.5 Å². The second-order valence-electron chi connectivity index (χ2n) is 11.5. The molecule has 0 aromatic heterocycles. The van der Waals surface area contributed by atoms with E-state index >= 15 is 0 Å². The van der Waals surface area contributed by atoms with Crippen molar-refractivity contribution in [1.82, 2.24) is 10.2 Å². The van der Waals surface area contributed by atoms with Gasteiger partial charge in [-0.05, 0) is 85.6 Å². The van der Waals surface area contributed by atoms with Crippen LogP contribution in [0.2, 0.25) is 0 Å². The van der Waals surface area contributed by atoms with Gasteiger partial charge in [0.25, 0.3) is 0 Å². The molecule has 0 spiro atoms. The lowest BCUT2D eigenvalue weighted by Crippen LogP contribution is -2.51. The Kier molecular flexibility index (Phi) is 16.1. The Bertz CT molecular complexity index is 670. The Labute approximate surface area is 238 Å². The van der Waals surface area contributed by atoms with Crippen LogP contribution in [0, 0.1) is 0 Å². The Morgan fingerprint density at radius 2 is 1.46 bits per heavy atom. The van der Waals surface area contributed by atoms with Crippen LogP contribution in [0.25, 0.3) is 0 Å². The number of rotatable bonds is 3. The zero-order valence-electron chi connectivity index (χ0n) is 23.7. The van der Waals surface area contributed by atoms with Crippen LogP contribution in [0.3, 0.4) is 0 Å². The normalized spacial score (nSPS) is 25.4. The Morgan fingerprint density at radius 1 is 0.919 bits per heavy atom. The molecule has 0 bridgehead atoms. The lowest BCUT2D eigenvalue weighted by molar-refractivity contribution is -0.140. The quantitative estimate of drug-likeness (QED) is 0.431. The highest BCUT2D eigenvalue weighted by atomic mass is 32.1. The summed E-state index contributed by atoms with van der Waals surface area (Å²) in [5.74, 6) is -0.211. The van der Waals surface area contributed by atoms with Crippen LogP contribution in [-0.2, 0) is 14.3 Å². The molecule has 2 saturated heterocycles. The molecule has 1 amide bonds. The van der Waals surface area contributed by atoms with Crippen molar-refractivity contribution in [2.24, 2.45) is 0 Å². The first kappa shape index (κ1) is 36.3. The minimum Gasteiger partial charge on any atom is -0.466 e. The van der Waals surface area contributed by atoms with E-state index in [1.807, 2.05) is 20.8 Å². The van der Waals surface area contributed by atoms with E-state index in [2.05, 4.69) is 10.1 Å². The van der Waals surface area contributed by atoms with Gasteiger partial charge in [-0.2, -0.15) is 27.0 Å². The van der Waals surface area contributed by atoms with E-state index in [1.165, 1.54) is 32.6 Å². The molecule has 3 N–H and O–H groups in total. The largest absolute Gasteiger partial charge is 0.466 e. The van der Waals surface area contributed by atoms with Crippen molar-refractivity contribution >= 4 is 39.1 Å². The summed E-state index contributed by atoms with van der Waals surface area (Å²) in [6, 6.07) is 0.361. The van der Waals surface area contributed by atoms with Gasteiger partial charge in [-0.3, -0.25) is 4.79 Å². The van der Waals surface area contributed by atoms with Crippen molar-refractivity contribution in [2.45, 2.75) is 141 Å². The van der Waals surface area contributed by atoms with Crippen molar-refractivity contribution in [3.63, 3.8) is 0 Å². The smallest absolute Gasteiger partial charge is 0.410 e. The number of hydrogen-bond acceptors (Lipinski definition) is 7. The summed E-state index contributed by atoms with van der Waals surface area (Å²) in [6.07, 6.45) is 12.2. The van der Waals surface area contributed by atoms with Crippen LogP contribution in [0.15, 0.2) is 0 Å². The maximum absolute atomic E-state index is 12.2. The fraction of sp³-hybridized carbons (Fsp3) is 0.926. The molecule has 0 aromatic carbocycles. The van der Waals surface area contributed by atoms with Crippen molar-refractivity contribution < 1.29 is 29.3 Å². The third-order valence-electron chi connectivity index (χ3n) is 7.50. The maximum Gasteiger partial charge on any atom is 0.410 e. The lowest BCUT2D eigenvalue weighted by atomic mass is 9.90. The van der Waals surface area contributed by atoms with E-state index in [0.29, 0.717) is 19.2 Å². The Hall–Kier alpha value is -0.680. The molecule has 2 saturated carbocycles. The van der Waals surface area contributed by atoms with Crippen molar-refractivity contribution in [3.8, 4) is 0 Å². The minimum atomic E-state index is -0.673. The summed E-state index contributed by atoms with van der Waals surface area (Å²) in [5.41, 5.74) is -1.48. The molecule has 2 atom stereocenters. The number of nitrogens with one attached hydrogen (secondary N) is 1. The first-order valence-electron chi connectivity index (χ1n) is 13.7. The molecule has 37 heavy (non-hydrogen) atoms. The van der Waals surface area contributed by atoms with Gasteiger partial charge < -0.3 is 29.9 Å². The molecule has 2 aliphatic heterocycles. The molecule has 2 aliphatic carbocycles.